The van der Waals surface area contributed by atoms with E-state index in [0.29, 0.717) is 23.2 Å². The first-order chi connectivity index (χ1) is 14.9. The minimum Gasteiger partial charge on any atom is -0.493 e. The molecule has 0 aliphatic carbocycles. The van der Waals surface area contributed by atoms with Crippen LogP contribution in [0.4, 0.5) is 0 Å². The average molecular weight is 424 g/mol. The van der Waals surface area contributed by atoms with Crippen molar-refractivity contribution in [1.29, 1.82) is 0 Å². The zero-order valence-electron chi connectivity index (χ0n) is 18.6. The summed E-state index contributed by atoms with van der Waals surface area (Å²) in [6, 6.07) is 13.6. The molecule has 3 rings (SSSR count). The standard InChI is InChI=1S/C23H29N5O3/c1-15(2)12-17-6-8-18(9-7-17)16(3)24-22(29)14-28-26-23(25-27-28)19-10-11-20(30-4)21(13-19)31-5/h6-11,13,15-16H,12,14H2,1-5H3,(H,24,29)/t16-/m0/s1. The highest BCUT2D eigenvalue weighted by atomic mass is 16.5. The fourth-order valence-electron chi connectivity index (χ4n) is 3.31. The van der Waals surface area contributed by atoms with Crippen LogP contribution < -0.4 is 14.8 Å². The van der Waals surface area contributed by atoms with Gasteiger partial charge in [-0.1, -0.05) is 38.1 Å². The highest BCUT2D eigenvalue weighted by Crippen LogP contribution is 2.30. The van der Waals surface area contributed by atoms with Crippen molar-refractivity contribution in [2.75, 3.05) is 14.2 Å². The minimum absolute atomic E-state index is 0.0178. The third-order valence-electron chi connectivity index (χ3n) is 4.88. The maximum Gasteiger partial charge on any atom is 0.244 e. The Bertz CT molecular complexity index is 1010. The number of rotatable bonds is 9. The Morgan fingerprint density at radius 1 is 1.03 bits per heavy atom. The van der Waals surface area contributed by atoms with E-state index in [2.05, 4.69) is 58.8 Å². The van der Waals surface area contributed by atoms with Crippen LogP contribution in [0.5, 0.6) is 11.5 Å². The number of carbonyl (C=O) groups is 1. The van der Waals surface area contributed by atoms with Gasteiger partial charge in [-0.25, -0.2) is 0 Å². The first-order valence-electron chi connectivity index (χ1n) is 10.3. The summed E-state index contributed by atoms with van der Waals surface area (Å²) in [5, 5.41) is 15.3. The van der Waals surface area contributed by atoms with Gasteiger partial charge in [-0.05, 0) is 53.8 Å². The van der Waals surface area contributed by atoms with Crippen LogP contribution in [-0.4, -0.2) is 40.3 Å². The van der Waals surface area contributed by atoms with Crippen molar-refractivity contribution in [3.8, 4) is 22.9 Å². The normalized spacial score (nSPS) is 11.9. The number of nitrogens with one attached hydrogen (secondary N) is 1. The predicted octanol–water partition coefficient (Wildman–Crippen LogP) is 3.43. The lowest BCUT2D eigenvalue weighted by Gasteiger charge is -2.15. The molecule has 8 nitrogen and oxygen atoms in total. The molecule has 3 aromatic rings. The predicted molar refractivity (Wildman–Crippen MR) is 118 cm³/mol. The van der Waals surface area contributed by atoms with Crippen LogP contribution in [0, 0.1) is 5.92 Å². The van der Waals surface area contributed by atoms with Crippen molar-refractivity contribution in [2.45, 2.75) is 39.8 Å². The molecule has 1 atom stereocenters. The molecule has 31 heavy (non-hydrogen) atoms. The first kappa shape index (κ1) is 22.3. The molecule has 0 spiro atoms. The van der Waals surface area contributed by atoms with E-state index in [0.717, 1.165) is 17.5 Å². The van der Waals surface area contributed by atoms with E-state index < -0.39 is 0 Å². The first-order valence-corrected chi connectivity index (χ1v) is 10.3. The fraction of sp³-hybridized carbons (Fsp3) is 0.391. The van der Waals surface area contributed by atoms with Crippen molar-refractivity contribution in [3.63, 3.8) is 0 Å². The van der Waals surface area contributed by atoms with Crippen LogP contribution in [0.2, 0.25) is 0 Å². The zero-order valence-corrected chi connectivity index (χ0v) is 18.6. The molecule has 2 aromatic carbocycles. The second kappa shape index (κ2) is 10.1. The van der Waals surface area contributed by atoms with Gasteiger partial charge < -0.3 is 14.8 Å². The van der Waals surface area contributed by atoms with Gasteiger partial charge in [0.25, 0.3) is 0 Å². The molecule has 1 aromatic heterocycles. The topological polar surface area (TPSA) is 91.2 Å². The summed E-state index contributed by atoms with van der Waals surface area (Å²) in [5.41, 5.74) is 3.07. The quantitative estimate of drug-likeness (QED) is 0.567. The lowest BCUT2D eigenvalue weighted by Crippen LogP contribution is -2.30. The number of carbonyl (C=O) groups excluding carboxylic acids is 1. The maximum atomic E-state index is 12.5. The summed E-state index contributed by atoms with van der Waals surface area (Å²) in [6.45, 7) is 6.34. The van der Waals surface area contributed by atoms with Crippen LogP contribution in [0.1, 0.15) is 37.9 Å². The van der Waals surface area contributed by atoms with Crippen molar-refractivity contribution in [1.82, 2.24) is 25.5 Å². The van der Waals surface area contributed by atoms with Gasteiger partial charge in [0.15, 0.2) is 11.5 Å². The fourth-order valence-corrected chi connectivity index (χ4v) is 3.31. The van der Waals surface area contributed by atoms with Crippen LogP contribution in [0.15, 0.2) is 42.5 Å². The number of benzene rings is 2. The Kier molecular flexibility index (Phi) is 7.23. The molecule has 0 saturated heterocycles. The van der Waals surface area contributed by atoms with E-state index in [9.17, 15) is 4.79 Å². The summed E-state index contributed by atoms with van der Waals surface area (Å²) in [5.74, 6) is 2.02. The van der Waals surface area contributed by atoms with Gasteiger partial charge in [0, 0.05) is 5.56 Å². The number of amides is 1. The van der Waals surface area contributed by atoms with Crippen molar-refractivity contribution >= 4 is 5.91 Å². The number of nitrogens with zero attached hydrogens (tertiary/aromatic N) is 4. The van der Waals surface area contributed by atoms with E-state index >= 15 is 0 Å². The Balaban J connectivity index is 1.61. The second-order valence-corrected chi connectivity index (χ2v) is 7.84. The Morgan fingerprint density at radius 3 is 2.39 bits per heavy atom. The largest absolute Gasteiger partial charge is 0.493 e. The van der Waals surface area contributed by atoms with Gasteiger partial charge in [0.1, 0.15) is 6.54 Å². The smallest absolute Gasteiger partial charge is 0.244 e. The molecule has 1 amide bonds. The van der Waals surface area contributed by atoms with E-state index in [1.807, 2.05) is 13.0 Å². The number of hydrogen-bond acceptors (Lipinski definition) is 6. The number of ether oxygens (including phenoxy) is 2. The second-order valence-electron chi connectivity index (χ2n) is 7.84. The molecular weight excluding hydrogens is 394 g/mol. The van der Waals surface area contributed by atoms with Crippen LogP contribution in [0.25, 0.3) is 11.4 Å². The van der Waals surface area contributed by atoms with E-state index in [1.165, 1.54) is 10.4 Å². The van der Waals surface area contributed by atoms with Crippen molar-refractivity contribution < 1.29 is 14.3 Å². The van der Waals surface area contributed by atoms with Gasteiger partial charge in [0.2, 0.25) is 11.7 Å². The number of aromatic nitrogens is 4. The number of hydrogen-bond donors (Lipinski definition) is 1. The van der Waals surface area contributed by atoms with Crippen LogP contribution in [0.3, 0.4) is 0 Å². The van der Waals surface area contributed by atoms with Crippen molar-refractivity contribution in [3.05, 3.63) is 53.6 Å². The molecule has 164 valence electrons. The molecular formula is C23H29N5O3. The Hall–Kier alpha value is -3.42. The van der Waals surface area contributed by atoms with Gasteiger partial charge in [-0.15, -0.1) is 10.2 Å². The molecule has 1 N–H and O–H groups in total. The molecule has 0 aliphatic rings. The lowest BCUT2D eigenvalue weighted by molar-refractivity contribution is -0.122. The van der Waals surface area contributed by atoms with E-state index in [4.69, 9.17) is 9.47 Å². The summed E-state index contributed by atoms with van der Waals surface area (Å²) < 4.78 is 10.6. The maximum absolute atomic E-state index is 12.5. The Morgan fingerprint density at radius 2 is 1.74 bits per heavy atom. The summed E-state index contributed by atoms with van der Waals surface area (Å²) in [4.78, 5) is 13.7. The van der Waals surface area contributed by atoms with Crippen LogP contribution in [-0.2, 0) is 17.8 Å². The van der Waals surface area contributed by atoms with E-state index in [-0.39, 0.29) is 18.5 Å². The summed E-state index contributed by atoms with van der Waals surface area (Å²) >= 11 is 0. The highest BCUT2D eigenvalue weighted by molar-refractivity contribution is 5.76. The molecule has 0 fully saturated rings. The molecule has 0 saturated carbocycles. The number of methoxy groups -OCH3 is 2. The third kappa shape index (κ3) is 5.81. The van der Waals surface area contributed by atoms with Gasteiger partial charge >= 0.3 is 0 Å². The average Bonchev–Trinajstić information content (AvgIpc) is 3.21. The SMILES string of the molecule is COc1ccc(-c2nnn(CC(=O)N[C@@H](C)c3ccc(CC(C)C)cc3)n2)cc1OC. The van der Waals surface area contributed by atoms with Crippen molar-refractivity contribution in [2.24, 2.45) is 5.92 Å². The monoisotopic (exact) mass is 423 g/mol. The van der Waals surface area contributed by atoms with Crippen LogP contribution >= 0.6 is 0 Å². The highest BCUT2D eigenvalue weighted by Gasteiger charge is 2.14. The molecule has 0 aliphatic heterocycles. The molecule has 1 heterocycles. The summed E-state index contributed by atoms with van der Waals surface area (Å²) in [7, 11) is 3.14. The molecule has 0 bridgehead atoms. The van der Waals surface area contributed by atoms with E-state index in [1.54, 1.807) is 26.4 Å². The zero-order chi connectivity index (χ0) is 22.4. The molecule has 0 radical (unpaired) electrons. The lowest BCUT2D eigenvalue weighted by atomic mass is 10.00. The third-order valence-corrected chi connectivity index (χ3v) is 4.88. The number of tetrazole rings is 1. The van der Waals surface area contributed by atoms with Gasteiger partial charge in [-0.2, -0.15) is 4.80 Å². The summed E-state index contributed by atoms with van der Waals surface area (Å²) in [6.07, 6.45) is 1.04. The van der Waals surface area contributed by atoms with Gasteiger partial charge in [-0.3, -0.25) is 4.79 Å². The molecule has 0 unspecified atom stereocenters. The van der Waals surface area contributed by atoms with Gasteiger partial charge in [0.05, 0.1) is 20.3 Å². The minimum atomic E-state index is -0.185. The Labute approximate surface area is 182 Å². The molecule has 8 heteroatoms.